The standard InChI is InChI=1S/C15H18N2O2/c1-15(2,3)14(18)11-9-16-17(10-11)12-6-5-7-13(8-12)19-4/h5-10H,1-4H3. The molecule has 1 aromatic carbocycles. The van der Waals surface area contributed by atoms with Gasteiger partial charge in [0.2, 0.25) is 0 Å². The summed E-state index contributed by atoms with van der Waals surface area (Å²) in [5.41, 5.74) is 1.09. The van der Waals surface area contributed by atoms with E-state index < -0.39 is 5.41 Å². The van der Waals surface area contributed by atoms with E-state index in [-0.39, 0.29) is 5.78 Å². The van der Waals surface area contributed by atoms with Crippen LogP contribution in [0.5, 0.6) is 5.75 Å². The minimum Gasteiger partial charge on any atom is -0.497 e. The highest BCUT2D eigenvalue weighted by atomic mass is 16.5. The van der Waals surface area contributed by atoms with Crippen LogP contribution in [0.4, 0.5) is 0 Å². The van der Waals surface area contributed by atoms with Crippen molar-refractivity contribution in [3.05, 3.63) is 42.2 Å². The van der Waals surface area contributed by atoms with Gasteiger partial charge in [0.15, 0.2) is 5.78 Å². The van der Waals surface area contributed by atoms with E-state index in [0.29, 0.717) is 5.56 Å². The van der Waals surface area contributed by atoms with Crippen molar-refractivity contribution >= 4 is 5.78 Å². The van der Waals surface area contributed by atoms with Gasteiger partial charge in [-0.25, -0.2) is 4.68 Å². The van der Waals surface area contributed by atoms with Crippen molar-refractivity contribution in [3.8, 4) is 11.4 Å². The molecule has 0 N–H and O–H groups in total. The third kappa shape index (κ3) is 2.84. The first-order chi connectivity index (χ1) is 8.91. The van der Waals surface area contributed by atoms with Crippen molar-refractivity contribution in [1.29, 1.82) is 0 Å². The lowest BCUT2D eigenvalue weighted by Gasteiger charge is -2.14. The molecule has 0 atom stereocenters. The number of benzene rings is 1. The largest absolute Gasteiger partial charge is 0.497 e. The maximum absolute atomic E-state index is 12.2. The van der Waals surface area contributed by atoms with Crippen LogP contribution >= 0.6 is 0 Å². The smallest absolute Gasteiger partial charge is 0.171 e. The van der Waals surface area contributed by atoms with Crippen molar-refractivity contribution in [3.63, 3.8) is 0 Å². The van der Waals surface area contributed by atoms with Gasteiger partial charge in [-0.1, -0.05) is 26.8 Å². The van der Waals surface area contributed by atoms with Gasteiger partial charge >= 0.3 is 0 Å². The fourth-order valence-electron chi connectivity index (χ4n) is 1.77. The molecule has 0 saturated carbocycles. The van der Waals surface area contributed by atoms with Crippen LogP contribution in [0.2, 0.25) is 0 Å². The molecule has 0 aliphatic carbocycles. The number of carbonyl (C=O) groups is 1. The normalized spacial score (nSPS) is 11.4. The molecule has 0 aliphatic rings. The monoisotopic (exact) mass is 258 g/mol. The Morgan fingerprint density at radius 3 is 2.68 bits per heavy atom. The van der Waals surface area contributed by atoms with Crippen molar-refractivity contribution < 1.29 is 9.53 Å². The van der Waals surface area contributed by atoms with Crippen molar-refractivity contribution in [2.24, 2.45) is 5.41 Å². The van der Waals surface area contributed by atoms with E-state index in [2.05, 4.69) is 5.10 Å². The van der Waals surface area contributed by atoms with Gasteiger partial charge in [0.25, 0.3) is 0 Å². The van der Waals surface area contributed by atoms with Gasteiger partial charge in [0.1, 0.15) is 5.75 Å². The summed E-state index contributed by atoms with van der Waals surface area (Å²) in [5.74, 6) is 0.846. The summed E-state index contributed by atoms with van der Waals surface area (Å²) in [4.78, 5) is 12.2. The van der Waals surface area contributed by atoms with Crippen LogP contribution in [0, 0.1) is 5.41 Å². The molecule has 0 aliphatic heterocycles. The lowest BCUT2D eigenvalue weighted by molar-refractivity contribution is 0.0858. The second-order valence-corrected chi connectivity index (χ2v) is 5.45. The number of hydrogen-bond acceptors (Lipinski definition) is 3. The Morgan fingerprint density at radius 1 is 1.32 bits per heavy atom. The second-order valence-electron chi connectivity index (χ2n) is 5.45. The van der Waals surface area contributed by atoms with Gasteiger partial charge in [-0.2, -0.15) is 5.10 Å². The zero-order chi connectivity index (χ0) is 14.0. The molecule has 4 nitrogen and oxygen atoms in total. The summed E-state index contributed by atoms with van der Waals surface area (Å²) in [6.45, 7) is 5.70. The van der Waals surface area contributed by atoms with E-state index in [1.54, 1.807) is 24.2 Å². The molecule has 0 amide bonds. The molecular formula is C15H18N2O2. The molecule has 19 heavy (non-hydrogen) atoms. The van der Waals surface area contributed by atoms with Gasteiger partial charge in [-0.15, -0.1) is 0 Å². The molecule has 1 aromatic heterocycles. The molecule has 2 rings (SSSR count). The predicted molar refractivity (Wildman–Crippen MR) is 73.9 cm³/mol. The number of ether oxygens (including phenoxy) is 1. The van der Waals surface area contributed by atoms with Gasteiger partial charge in [-0.05, 0) is 12.1 Å². The van der Waals surface area contributed by atoms with Crippen LogP contribution in [0.15, 0.2) is 36.7 Å². The topological polar surface area (TPSA) is 44.1 Å². The number of carbonyl (C=O) groups excluding carboxylic acids is 1. The summed E-state index contributed by atoms with van der Waals surface area (Å²) in [5, 5.41) is 4.24. The van der Waals surface area contributed by atoms with E-state index in [9.17, 15) is 4.79 Å². The highest BCUT2D eigenvalue weighted by Crippen LogP contribution is 2.22. The lowest BCUT2D eigenvalue weighted by atomic mass is 9.88. The van der Waals surface area contributed by atoms with E-state index in [0.717, 1.165) is 11.4 Å². The number of hydrogen-bond donors (Lipinski definition) is 0. The highest BCUT2D eigenvalue weighted by Gasteiger charge is 2.24. The SMILES string of the molecule is COc1cccc(-n2cc(C(=O)C(C)(C)C)cn2)c1. The second kappa shape index (κ2) is 4.88. The quantitative estimate of drug-likeness (QED) is 0.794. The van der Waals surface area contributed by atoms with E-state index in [1.807, 2.05) is 45.0 Å². The zero-order valence-corrected chi connectivity index (χ0v) is 11.7. The van der Waals surface area contributed by atoms with E-state index in [4.69, 9.17) is 4.74 Å². The number of rotatable bonds is 3. The average molecular weight is 258 g/mol. The van der Waals surface area contributed by atoms with Crippen LogP contribution < -0.4 is 4.74 Å². The van der Waals surface area contributed by atoms with Gasteiger partial charge in [-0.3, -0.25) is 4.79 Å². The summed E-state index contributed by atoms with van der Waals surface area (Å²) in [6, 6.07) is 7.55. The van der Waals surface area contributed by atoms with Crippen LogP contribution in [-0.2, 0) is 0 Å². The summed E-state index contributed by atoms with van der Waals surface area (Å²) in [6.07, 6.45) is 3.36. The Balaban J connectivity index is 2.33. The van der Waals surface area contributed by atoms with Crippen molar-refractivity contribution in [2.75, 3.05) is 7.11 Å². The summed E-state index contributed by atoms with van der Waals surface area (Å²) in [7, 11) is 1.62. The zero-order valence-electron chi connectivity index (χ0n) is 11.7. The molecule has 4 heteroatoms. The van der Waals surface area contributed by atoms with Crippen LogP contribution in [0.3, 0.4) is 0 Å². The first kappa shape index (κ1) is 13.3. The number of nitrogens with zero attached hydrogens (tertiary/aromatic N) is 2. The molecule has 1 heterocycles. The van der Waals surface area contributed by atoms with Crippen molar-refractivity contribution in [2.45, 2.75) is 20.8 Å². The van der Waals surface area contributed by atoms with Crippen molar-refractivity contribution in [1.82, 2.24) is 9.78 Å². The molecule has 0 saturated heterocycles. The fraction of sp³-hybridized carbons (Fsp3) is 0.333. The number of ketones is 1. The van der Waals surface area contributed by atoms with E-state index >= 15 is 0 Å². The summed E-state index contributed by atoms with van der Waals surface area (Å²) >= 11 is 0. The fourth-order valence-corrected chi connectivity index (χ4v) is 1.77. The maximum atomic E-state index is 12.2. The molecule has 0 fully saturated rings. The van der Waals surface area contributed by atoms with Gasteiger partial charge < -0.3 is 4.74 Å². The molecule has 0 spiro atoms. The third-order valence-corrected chi connectivity index (χ3v) is 2.84. The first-order valence-electron chi connectivity index (χ1n) is 6.16. The van der Waals surface area contributed by atoms with Gasteiger partial charge in [0.05, 0.1) is 24.6 Å². The van der Waals surface area contributed by atoms with Crippen LogP contribution in [0.25, 0.3) is 5.69 Å². The molecule has 2 aromatic rings. The molecule has 0 radical (unpaired) electrons. The Bertz CT molecular complexity index is 594. The average Bonchev–Trinajstić information content (AvgIpc) is 2.86. The lowest BCUT2D eigenvalue weighted by Crippen LogP contribution is -2.19. The van der Waals surface area contributed by atoms with Crippen LogP contribution in [-0.4, -0.2) is 22.7 Å². The molecular weight excluding hydrogens is 240 g/mol. The maximum Gasteiger partial charge on any atom is 0.171 e. The Morgan fingerprint density at radius 2 is 2.05 bits per heavy atom. The predicted octanol–water partition coefficient (Wildman–Crippen LogP) is 3.11. The Kier molecular flexibility index (Phi) is 3.42. The number of aromatic nitrogens is 2. The molecule has 0 bridgehead atoms. The molecule has 100 valence electrons. The summed E-state index contributed by atoms with van der Waals surface area (Å²) < 4.78 is 6.86. The third-order valence-electron chi connectivity index (χ3n) is 2.84. The van der Waals surface area contributed by atoms with Gasteiger partial charge in [0, 0.05) is 17.7 Å². The number of methoxy groups -OCH3 is 1. The van der Waals surface area contributed by atoms with Crippen LogP contribution in [0.1, 0.15) is 31.1 Å². The first-order valence-corrected chi connectivity index (χ1v) is 6.16. The minimum absolute atomic E-state index is 0.0849. The minimum atomic E-state index is -0.401. The number of Topliss-reactive ketones (excluding diaryl/α,β-unsaturated/α-hetero) is 1. The Hall–Kier alpha value is -2.10. The Labute approximate surface area is 113 Å². The van der Waals surface area contributed by atoms with E-state index in [1.165, 1.54) is 0 Å². The molecule has 0 unspecified atom stereocenters. The highest BCUT2D eigenvalue weighted by molar-refractivity contribution is 5.99.